The number of hydrogen-bond donors (Lipinski definition) is 0. The van der Waals surface area contributed by atoms with Crippen molar-refractivity contribution in [2.45, 2.75) is 20.5 Å². The molecular formula is C16H15ClO2. The SMILES string of the molecule is Cc1cc(OCc2ccccc2)cc(C)c1C(=O)Cl. The molecule has 2 rings (SSSR count). The number of aryl methyl sites for hydroxylation is 2. The molecule has 0 fully saturated rings. The summed E-state index contributed by atoms with van der Waals surface area (Å²) >= 11 is 5.56. The molecule has 2 aromatic carbocycles. The van der Waals surface area contributed by atoms with Crippen LogP contribution in [0.4, 0.5) is 0 Å². The molecule has 0 aliphatic heterocycles. The van der Waals surface area contributed by atoms with Crippen LogP contribution in [0.2, 0.25) is 0 Å². The highest BCUT2D eigenvalue weighted by molar-refractivity contribution is 6.68. The molecule has 19 heavy (non-hydrogen) atoms. The summed E-state index contributed by atoms with van der Waals surface area (Å²) in [5.41, 5.74) is 3.34. The number of halogens is 1. The number of hydrogen-bond acceptors (Lipinski definition) is 2. The molecule has 0 radical (unpaired) electrons. The summed E-state index contributed by atoms with van der Waals surface area (Å²) in [4.78, 5) is 11.3. The lowest BCUT2D eigenvalue weighted by molar-refractivity contribution is 0.108. The molecule has 98 valence electrons. The summed E-state index contributed by atoms with van der Waals surface area (Å²) in [6.45, 7) is 4.23. The molecule has 0 N–H and O–H groups in total. The smallest absolute Gasteiger partial charge is 0.252 e. The van der Waals surface area contributed by atoms with Crippen LogP contribution in [0.3, 0.4) is 0 Å². The number of carbonyl (C=O) groups is 1. The molecule has 0 aliphatic carbocycles. The van der Waals surface area contributed by atoms with Gasteiger partial charge in [-0.15, -0.1) is 0 Å². The van der Waals surface area contributed by atoms with Gasteiger partial charge in [-0.25, -0.2) is 0 Å². The van der Waals surface area contributed by atoms with E-state index in [1.54, 1.807) is 0 Å². The van der Waals surface area contributed by atoms with Crippen molar-refractivity contribution in [3.8, 4) is 5.75 Å². The first-order valence-corrected chi connectivity index (χ1v) is 6.43. The summed E-state index contributed by atoms with van der Waals surface area (Å²) in [5, 5.41) is -0.426. The Hall–Kier alpha value is -1.80. The minimum absolute atomic E-state index is 0.426. The van der Waals surface area contributed by atoms with Gasteiger partial charge < -0.3 is 4.74 Å². The third-order valence-corrected chi connectivity index (χ3v) is 3.14. The van der Waals surface area contributed by atoms with Crippen molar-refractivity contribution in [2.24, 2.45) is 0 Å². The lowest BCUT2D eigenvalue weighted by Gasteiger charge is -2.11. The topological polar surface area (TPSA) is 26.3 Å². The molecule has 0 amide bonds. The maximum Gasteiger partial charge on any atom is 0.252 e. The van der Waals surface area contributed by atoms with Gasteiger partial charge in [0, 0.05) is 5.56 Å². The lowest BCUT2D eigenvalue weighted by atomic mass is 10.0. The van der Waals surface area contributed by atoms with E-state index in [1.165, 1.54) is 0 Å². The van der Waals surface area contributed by atoms with Gasteiger partial charge >= 0.3 is 0 Å². The number of benzene rings is 2. The van der Waals surface area contributed by atoms with Crippen molar-refractivity contribution in [2.75, 3.05) is 0 Å². The molecule has 3 heteroatoms. The Morgan fingerprint density at radius 1 is 1.11 bits per heavy atom. The fourth-order valence-corrected chi connectivity index (χ4v) is 2.36. The van der Waals surface area contributed by atoms with Crippen molar-refractivity contribution < 1.29 is 9.53 Å². The summed E-state index contributed by atoms with van der Waals surface area (Å²) in [5.74, 6) is 0.750. The molecule has 0 saturated carbocycles. The maximum absolute atomic E-state index is 11.3. The monoisotopic (exact) mass is 274 g/mol. The van der Waals surface area contributed by atoms with E-state index in [0.29, 0.717) is 12.2 Å². The zero-order valence-corrected chi connectivity index (χ0v) is 11.7. The number of carbonyl (C=O) groups excluding carboxylic acids is 1. The average molecular weight is 275 g/mol. The van der Waals surface area contributed by atoms with Crippen LogP contribution in [-0.2, 0) is 6.61 Å². The van der Waals surface area contributed by atoms with E-state index >= 15 is 0 Å². The third-order valence-electron chi connectivity index (χ3n) is 2.95. The van der Waals surface area contributed by atoms with Crippen LogP contribution in [0.15, 0.2) is 42.5 Å². The fourth-order valence-electron chi connectivity index (χ4n) is 2.06. The average Bonchev–Trinajstić information content (AvgIpc) is 2.36. The molecule has 2 aromatic rings. The van der Waals surface area contributed by atoms with Crippen LogP contribution in [0.25, 0.3) is 0 Å². The standard InChI is InChI=1S/C16H15ClO2/c1-11-8-14(9-12(2)15(11)16(17)18)19-10-13-6-4-3-5-7-13/h3-9H,10H2,1-2H3. The van der Waals surface area contributed by atoms with Crippen molar-refractivity contribution in [1.82, 2.24) is 0 Å². The Kier molecular flexibility index (Phi) is 4.23. The minimum Gasteiger partial charge on any atom is -0.489 e. The lowest BCUT2D eigenvalue weighted by Crippen LogP contribution is -2.01. The van der Waals surface area contributed by atoms with Crippen molar-refractivity contribution in [3.63, 3.8) is 0 Å². The van der Waals surface area contributed by atoms with Crippen molar-refractivity contribution >= 4 is 16.8 Å². The van der Waals surface area contributed by atoms with E-state index in [2.05, 4.69) is 0 Å². The summed E-state index contributed by atoms with van der Waals surface area (Å²) in [6, 6.07) is 13.6. The Morgan fingerprint density at radius 2 is 1.68 bits per heavy atom. The second-order valence-corrected chi connectivity index (χ2v) is 4.82. The van der Waals surface area contributed by atoms with Crippen LogP contribution in [0.1, 0.15) is 27.0 Å². The van der Waals surface area contributed by atoms with Gasteiger partial charge in [-0.1, -0.05) is 30.3 Å². The Bertz CT molecular complexity index is 568. The summed E-state index contributed by atoms with van der Waals surface area (Å²) in [7, 11) is 0. The van der Waals surface area contributed by atoms with Gasteiger partial charge in [0.05, 0.1) is 0 Å². The van der Waals surface area contributed by atoms with Crippen LogP contribution in [0, 0.1) is 13.8 Å². The van der Waals surface area contributed by atoms with Crippen molar-refractivity contribution in [1.29, 1.82) is 0 Å². The largest absolute Gasteiger partial charge is 0.489 e. The Labute approximate surface area is 118 Å². The first-order valence-electron chi connectivity index (χ1n) is 6.05. The van der Waals surface area contributed by atoms with Gasteiger partial charge in [0.1, 0.15) is 12.4 Å². The second-order valence-electron chi connectivity index (χ2n) is 4.48. The highest BCUT2D eigenvalue weighted by Crippen LogP contribution is 2.24. The number of ether oxygens (including phenoxy) is 1. The first-order chi connectivity index (χ1) is 9.08. The van der Waals surface area contributed by atoms with Crippen LogP contribution < -0.4 is 4.74 Å². The highest BCUT2D eigenvalue weighted by Gasteiger charge is 2.11. The zero-order chi connectivity index (χ0) is 13.8. The van der Waals surface area contributed by atoms with Gasteiger partial charge in [0.2, 0.25) is 0 Å². The molecule has 0 spiro atoms. The van der Waals surface area contributed by atoms with E-state index in [4.69, 9.17) is 16.3 Å². The van der Waals surface area contributed by atoms with Gasteiger partial charge in [-0.05, 0) is 54.3 Å². The first kappa shape index (κ1) is 13.6. The molecule has 2 nitrogen and oxygen atoms in total. The molecule has 0 unspecified atom stereocenters. The molecule has 0 heterocycles. The minimum atomic E-state index is -0.426. The normalized spacial score (nSPS) is 10.3. The van der Waals surface area contributed by atoms with Crippen LogP contribution in [0.5, 0.6) is 5.75 Å². The van der Waals surface area contributed by atoms with E-state index in [-0.39, 0.29) is 0 Å². The number of rotatable bonds is 4. The maximum atomic E-state index is 11.3. The van der Waals surface area contributed by atoms with Gasteiger partial charge in [0.25, 0.3) is 5.24 Å². The summed E-state index contributed by atoms with van der Waals surface area (Å²) < 4.78 is 5.73. The van der Waals surface area contributed by atoms with Gasteiger partial charge in [-0.2, -0.15) is 0 Å². The predicted molar refractivity (Wildman–Crippen MR) is 76.9 cm³/mol. The predicted octanol–water partition coefficient (Wildman–Crippen LogP) is 4.26. The van der Waals surface area contributed by atoms with Crippen LogP contribution in [-0.4, -0.2) is 5.24 Å². The van der Waals surface area contributed by atoms with E-state index in [0.717, 1.165) is 22.4 Å². The van der Waals surface area contributed by atoms with E-state index < -0.39 is 5.24 Å². The zero-order valence-electron chi connectivity index (χ0n) is 10.9. The van der Waals surface area contributed by atoms with Gasteiger partial charge in [-0.3, -0.25) is 4.79 Å². The Balaban J connectivity index is 2.16. The van der Waals surface area contributed by atoms with E-state index in [9.17, 15) is 4.79 Å². The second kappa shape index (κ2) is 5.89. The fraction of sp³-hybridized carbons (Fsp3) is 0.188. The highest BCUT2D eigenvalue weighted by atomic mass is 35.5. The quantitative estimate of drug-likeness (QED) is 0.779. The van der Waals surface area contributed by atoms with Gasteiger partial charge in [0.15, 0.2) is 0 Å². The van der Waals surface area contributed by atoms with Crippen LogP contribution >= 0.6 is 11.6 Å². The Morgan fingerprint density at radius 3 is 2.21 bits per heavy atom. The molecule has 0 bridgehead atoms. The summed E-state index contributed by atoms with van der Waals surface area (Å²) in [6.07, 6.45) is 0. The van der Waals surface area contributed by atoms with Crippen molar-refractivity contribution in [3.05, 3.63) is 64.7 Å². The molecule has 0 aliphatic rings. The molecule has 0 atom stereocenters. The third kappa shape index (κ3) is 3.36. The van der Waals surface area contributed by atoms with E-state index in [1.807, 2.05) is 56.3 Å². The molecule has 0 aromatic heterocycles. The molecular weight excluding hydrogens is 260 g/mol. The molecule has 0 saturated heterocycles.